The molecule has 0 unspecified atom stereocenters. The fourth-order valence-electron chi connectivity index (χ4n) is 1.59. The van der Waals surface area contributed by atoms with E-state index < -0.39 is 0 Å². The maximum atomic E-state index is 3.84. The zero-order valence-electron chi connectivity index (χ0n) is 11.1. The number of hydrogen-bond acceptors (Lipinski definition) is 0. The van der Waals surface area contributed by atoms with Crippen LogP contribution in [0.25, 0.3) is 0 Å². The SMILES string of the molecule is [CH2]CCCCC=CCCCC=CCCCC. The summed E-state index contributed by atoms with van der Waals surface area (Å²) in [5.74, 6) is 0. The van der Waals surface area contributed by atoms with E-state index in [4.69, 9.17) is 0 Å². The molecule has 0 aromatic rings. The fourth-order valence-corrected chi connectivity index (χ4v) is 1.59. The lowest BCUT2D eigenvalue weighted by Gasteiger charge is -1.93. The molecule has 0 spiro atoms. The Morgan fingerprint density at radius 1 is 0.688 bits per heavy atom. The van der Waals surface area contributed by atoms with Crippen molar-refractivity contribution in [2.24, 2.45) is 0 Å². The fraction of sp³-hybridized carbons (Fsp3) is 0.688. The van der Waals surface area contributed by atoms with Crippen LogP contribution in [0.15, 0.2) is 24.3 Å². The molecule has 0 aliphatic rings. The minimum absolute atomic E-state index is 1.08. The zero-order chi connectivity index (χ0) is 11.9. The number of unbranched alkanes of at least 4 members (excludes halogenated alkanes) is 7. The van der Waals surface area contributed by atoms with Crippen molar-refractivity contribution < 1.29 is 0 Å². The van der Waals surface area contributed by atoms with E-state index in [0.29, 0.717) is 0 Å². The van der Waals surface area contributed by atoms with Gasteiger partial charge >= 0.3 is 0 Å². The number of rotatable bonds is 11. The van der Waals surface area contributed by atoms with Gasteiger partial charge in [0.25, 0.3) is 0 Å². The van der Waals surface area contributed by atoms with E-state index in [1.165, 1.54) is 57.8 Å². The van der Waals surface area contributed by atoms with E-state index in [1.54, 1.807) is 0 Å². The van der Waals surface area contributed by atoms with Crippen LogP contribution in [0.5, 0.6) is 0 Å². The smallest absolute Gasteiger partial charge is 0.0348 e. The van der Waals surface area contributed by atoms with Crippen molar-refractivity contribution in [3.63, 3.8) is 0 Å². The lowest BCUT2D eigenvalue weighted by Crippen LogP contribution is -1.73. The average Bonchev–Trinajstić information content (AvgIpc) is 2.31. The molecule has 0 aromatic heterocycles. The normalized spacial score (nSPS) is 11.9. The van der Waals surface area contributed by atoms with Gasteiger partial charge in [-0.1, -0.05) is 63.8 Å². The molecule has 0 amide bonds. The van der Waals surface area contributed by atoms with Gasteiger partial charge in [0.2, 0.25) is 0 Å². The summed E-state index contributed by atoms with van der Waals surface area (Å²) in [6.45, 7) is 6.09. The van der Waals surface area contributed by atoms with Crippen LogP contribution in [0, 0.1) is 6.92 Å². The molecule has 0 heterocycles. The summed E-state index contributed by atoms with van der Waals surface area (Å²) in [5.41, 5.74) is 0. The first-order chi connectivity index (χ1) is 7.91. The first-order valence-electron chi connectivity index (χ1n) is 7.01. The summed E-state index contributed by atoms with van der Waals surface area (Å²) >= 11 is 0. The van der Waals surface area contributed by atoms with Crippen molar-refractivity contribution in [1.82, 2.24) is 0 Å². The van der Waals surface area contributed by atoms with Gasteiger partial charge in [-0.05, 0) is 38.5 Å². The molecular formula is C16H29. The quantitative estimate of drug-likeness (QED) is 0.303. The van der Waals surface area contributed by atoms with Crippen molar-refractivity contribution in [2.45, 2.75) is 71.1 Å². The Morgan fingerprint density at radius 3 is 1.69 bits per heavy atom. The molecule has 0 nitrogen and oxygen atoms in total. The zero-order valence-corrected chi connectivity index (χ0v) is 11.1. The second-order valence-electron chi connectivity index (χ2n) is 4.37. The van der Waals surface area contributed by atoms with Gasteiger partial charge in [-0.2, -0.15) is 0 Å². The van der Waals surface area contributed by atoms with Gasteiger partial charge in [-0.25, -0.2) is 0 Å². The van der Waals surface area contributed by atoms with Crippen molar-refractivity contribution >= 4 is 0 Å². The highest BCUT2D eigenvalue weighted by Gasteiger charge is 1.83. The molecule has 0 atom stereocenters. The molecule has 0 saturated carbocycles. The van der Waals surface area contributed by atoms with Crippen molar-refractivity contribution in [2.75, 3.05) is 0 Å². The van der Waals surface area contributed by atoms with Crippen LogP contribution < -0.4 is 0 Å². The van der Waals surface area contributed by atoms with Crippen LogP contribution >= 0.6 is 0 Å². The van der Waals surface area contributed by atoms with E-state index in [9.17, 15) is 0 Å². The standard InChI is InChI=1S/C16H29/c1-3-5-7-9-11-13-15-16-14-12-10-8-6-4-2/h10-13H,1,3-9,14-16H2,2H3. The minimum atomic E-state index is 1.08. The van der Waals surface area contributed by atoms with Crippen molar-refractivity contribution in [3.8, 4) is 0 Å². The highest BCUT2D eigenvalue weighted by molar-refractivity contribution is 4.85. The van der Waals surface area contributed by atoms with E-state index >= 15 is 0 Å². The maximum absolute atomic E-state index is 3.84. The molecule has 0 aliphatic carbocycles. The summed E-state index contributed by atoms with van der Waals surface area (Å²) in [6.07, 6.45) is 21.9. The van der Waals surface area contributed by atoms with Crippen LogP contribution in [0.3, 0.4) is 0 Å². The Morgan fingerprint density at radius 2 is 1.19 bits per heavy atom. The lowest BCUT2D eigenvalue weighted by molar-refractivity contribution is 0.756. The third-order valence-corrected chi connectivity index (χ3v) is 2.67. The molecule has 16 heavy (non-hydrogen) atoms. The van der Waals surface area contributed by atoms with Crippen LogP contribution in [-0.4, -0.2) is 0 Å². The Labute approximate surface area is 103 Å². The third-order valence-electron chi connectivity index (χ3n) is 2.67. The summed E-state index contributed by atoms with van der Waals surface area (Å²) in [7, 11) is 0. The summed E-state index contributed by atoms with van der Waals surface area (Å²) in [4.78, 5) is 0. The molecule has 0 fully saturated rings. The highest BCUT2D eigenvalue weighted by atomic mass is 13.9. The maximum Gasteiger partial charge on any atom is -0.0348 e. The van der Waals surface area contributed by atoms with Gasteiger partial charge in [0, 0.05) is 0 Å². The molecule has 0 aliphatic heterocycles. The summed E-state index contributed by atoms with van der Waals surface area (Å²) in [5, 5.41) is 0. The van der Waals surface area contributed by atoms with Gasteiger partial charge in [-0.3, -0.25) is 0 Å². The van der Waals surface area contributed by atoms with Crippen molar-refractivity contribution in [1.29, 1.82) is 0 Å². The molecule has 0 bridgehead atoms. The van der Waals surface area contributed by atoms with Crippen LogP contribution in [0.1, 0.15) is 71.1 Å². The van der Waals surface area contributed by atoms with E-state index in [2.05, 4.69) is 38.2 Å². The van der Waals surface area contributed by atoms with Crippen molar-refractivity contribution in [3.05, 3.63) is 31.2 Å². The second kappa shape index (κ2) is 14.5. The highest BCUT2D eigenvalue weighted by Crippen LogP contribution is 2.03. The molecule has 93 valence electrons. The van der Waals surface area contributed by atoms with Gasteiger partial charge in [0.05, 0.1) is 0 Å². The number of allylic oxidation sites excluding steroid dienone is 4. The Balaban J connectivity index is 3.10. The first-order valence-corrected chi connectivity index (χ1v) is 7.01. The van der Waals surface area contributed by atoms with Crippen LogP contribution in [0.4, 0.5) is 0 Å². The minimum Gasteiger partial charge on any atom is -0.0885 e. The summed E-state index contributed by atoms with van der Waals surface area (Å²) in [6, 6.07) is 0. The molecule has 0 N–H and O–H groups in total. The predicted octanol–water partition coefficient (Wildman–Crippen LogP) is 5.85. The number of hydrogen-bond donors (Lipinski definition) is 0. The van der Waals surface area contributed by atoms with E-state index in [1.807, 2.05) is 0 Å². The molecule has 0 heteroatoms. The van der Waals surface area contributed by atoms with E-state index in [-0.39, 0.29) is 0 Å². The average molecular weight is 221 g/mol. The second-order valence-corrected chi connectivity index (χ2v) is 4.37. The molecular weight excluding hydrogens is 192 g/mol. The van der Waals surface area contributed by atoms with Crippen LogP contribution in [-0.2, 0) is 0 Å². The van der Waals surface area contributed by atoms with Gasteiger partial charge in [-0.15, -0.1) is 0 Å². The summed E-state index contributed by atoms with van der Waals surface area (Å²) < 4.78 is 0. The Bertz CT molecular complexity index is 165. The molecule has 0 saturated heterocycles. The Hall–Kier alpha value is -0.520. The monoisotopic (exact) mass is 221 g/mol. The van der Waals surface area contributed by atoms with Gasteiger partial charge in [0.1, 0.15) is 0 Å². The lowest BCUT2D eigenvalue weighted by atomic mass is 10.1. The first kappa shape index (κ1) is 15.5. The molecule has 0 rings (SSSR count). The molecule has 0 aromatic carbocycles. The van der Waals surface area contributed by atoms with Crippen LogP contribution in [0.2, 0.25) is 0 Å². The largest absolute Gasteiger partial charge is 0.0885 e. The molecule has 1 radical (unpaired) electrons. The predicted molar refractivity (Wildman–Crippen MR) is 75.5 cm³/mol. The van der Waals surface area contributed by atoms with Gasteiger partial charge < -0.3 is 0 Å². The topological polar surface area (TPSA) is 0 Å². The van der Waals surface area contributed by atoms with Gasteiger partial charge in [0.15, 0.2) is 0 Å². The Kier molecular flexibility index (Phi) is 14.0. The third kappa shape index (κ3) is 13.5. The van der Waals surface area contributed by atoms with E-state index in [0.717, 1.165) is 6.42 Å².